The molecule has 0 bridgehead atoms. The average molecular weight is 350 g/mol. The minimum absolute atomic E-state index is 0.0455. The van der Waals surface area contributed by atoms with Gasteiger partial charge in [-0.2, -0.15) is 0 Å². The van der Waals surface area contributed by atoms with Crippen LogP contribution in [0.5, 0.6) is 0 Å². The zero-order chi connectivity index (χ0) is 17.6. The van der Waals surface area contributed by atoms with Crippen molar-refractivity contribution in [3.05, 3.63) is 59.9 Å². The van der Waals surface area contributed by atoms with Crippen LogP contribution in [0.25, 0.3) is 0 Å². The summed E-state index contributed by atoms with van der Waals surface area (Å²) in [5, 5.41) is 2.75. The van der Waals surface area contributed by atoms with Crippen molar-refractivity contribution in [3.8, 4) is 0 Å². The van der Waals surface area contributed by atoms with Gasteiger partial charge in [-0.05, 0) is 42.8 Å². The van der Waals surface area contributed by atoms with E-state index in [1.807, 2.05) is 6.92 Å². The second-order valence-corrected chi connectivity index (χ2v) is 6.90. The summed E-state index contributed by atoms with van der Waals surface area (Å²) in [6, 6.07) is 11.0. The summed E-state index contributed by atoms with van der Waals surface area (Å²) in [5.74, 6) is -0.914. The fourth-order valence-corrected chi connectivity index (χ4v) is 3.08. The van der Waals surface area contributed by atoms with E-state index in [0.29, 0.717) is 12.1 Å². The van der Waals surface area contributed by atoms with Gasteiger partial charge in [0.1, 0.15) is 5.82 Å². The second kappa shape index (κ2) is 7.92. The summed E-state index contributed by atoms with van der Waals surface area (Å²) < 4.78 is 40.3. The molecule has 0 fully saturated rings. The molecule has 0 aliphatic heterocycles. The van der Waals surface area contributed by atoms with E-state index >= 15 is 0 Å². The highest BCUT2D eigenvalue weighted by atomic mass is 32.2. The Morgan fingerprint density at radius 2 is 1.75 bits per heavy atom. The van der Waals surface area contributed by atoms with Crippen LogP contribution < -0.4 is 10.0 Å². The van der Waals surface area contributed by atoms with Crippen LogP contribution in [-0.4, -0.2) is 20.9 Å². The van der Waals surface area contributed by atoms with Crippen molar-refractivity contribution >= 4 is 21.6 Å². The maximum Gasteiger partial charge on any atom is 0.261 e. The smallest absolute Gasteiger partial charge is 0.261 e. The Balaban J connectivity index is 2.12. The molecule has 0 heterocycles. The summed E-state index contributed by atoms with van der Waals surface area (Å²) in [5.41, 5.74) is 0.245. The number of anilines is 1. The molecule has 0 aliphatic carbocycles. The van der Waals surface area contributed by atoms with E-state index in [1.54, 1.807) is 0 Å². The fraction of sp³-hybridized carbons (Fsp3) is 0.235. The molecule has 5 nitrogen and oxygen atoms in total. The minimum atomic E-state index is -3.92. The van der Waals surface area contributed by atoms with Crippen LogP contribution in [0, 0.1) is 5.82 Å². The highest BCUT2D eigenvalue weighted by Gasteiger charge is 2.16. The van der Waals surface area contributed by atoms with Crippen molar-refractivity contribution in [1.82, 2.24) is 5.32 Å². The molecule has 0 saturated heterocycles. The largest absolute Gasteiger partial charge is 0.352 e. The quantitative estimate of drug-likeness (QED) is 0.753. The number of hydrogen-bond acceptors (Lipinski definition) is 3. The third-order valence-electron chi connectivity index (χ3n) is 3.36. The van der Waals surface area contributed by atoms with Gasteiger partial charge in [0.2, 0.25) is 0 Å². The first-order valence-corrected chi connectivity index (χ1v) is 9.08. The Morgan fingerprint density at radius 3 is 2.38 bits per heavy atom. The van der Waals surface area contributed by atoms with Crippen molar-refractivity contribution in [2.24, 2.45) is 0 Å². The number of carbonyl (C=O) groups excluding carboxylic acids is 1. The van der Waals surface area contributed by atoms with Crippen LogP contribution in [0.2, 0.25) is 0 Å². The SMILES string of the molecule is CCCCNC(=O)c1ccc(S(=O)(=O)Nc2ccccc2F)cc1. The molecular formula is C17H19FN2O3S. The van der Waals surface area contributed by atoms with E-state index in [1.165, 1.54) is 48.5 Å². The molecule has 0 aliphatic rings. The van der Waals surface area contributed by atoms with Crippen molar-refractivity contribution < 1.29 is 17.6 Å². The molecule has 128 valence electrons. The molecule has 2 N–H and O–H groups in total. The average Bonchev–Trinajstić information content (AvgIpc) is 2.57. The summed E-state index contributed by atoms with van der Waals surface area (Å²) in [6.07, 6.45) is 1.85. The van der Waals surface area contributed by atoms with Gasteiger partial charge in [-0.15, -0.1) is 0 Å². The number of benzene rings is 2. The van der Waals surface area contributed by atoms with E-state index in [9.17, 15) is 17.6 Å². The highest BCUT2D eigenvalue weighted by molar-refractivity contribution is 7.92. The first-order valence-electron chi connectivity index (χ1n) is 7.59. The standard InChI is InChI=1S/C17H19FN2O3S/c1-2-3-12-19-17(21)13-8-10-14(11-9-13)24(22,23)20-16-7-5-4-6-15(16)18/h4-11,20H,2-3,12H2,1H3,(H,19,21). The normalized spacial score (nSPS) is 11.1. The Morgan fingerprint density at radius 1 is 1.08 bits per heavy atom. The topological polar surface area (TPSA) is 75.3 Å². The zero-order valence-corrected chi connectivity index (χ0v) is 14.1. The van der Waals surface area contributed by atoms with Gasteiger partial charge in [0.05, 0.1) is 10.6 Å². The predicted molar refractivity (Wildman–Crippen MR) is 90.9 cm³/mol. The monoisotopic (exact) mass is 350 g/mol. The fourth-order valence-electron chi connectivity index (χ4n) is 2.01. The first kappa shape index (κ1) is 17.9. The van der Waals surface area contributed by atoms with Crippen LogP contribution >= 0.6 is 0 Å². The van der Waals surface area contributed by atoms with E-state index in [0.717, 1.165) is 12.8 Å². The molecule has 1 amide bonds. The van der Waals surface area contributed by atoms with E-state index in [-0.39, 0.29) is 16.5 Å². The Kier molecular flexibility index (Phi) is 5.92. The number of para-hydroxylation sites is 1. The molecule has 2 aromatic carbocycles. The van der Waals surface area contributed by atoms with Crippen LogP contribution in [0.4, 0.5) is 10.1 Å². The molecule has 0 aromatic heterocycles. The van der Waals surface area contributed by atoms with Crippen molar-refractivity contribution in [3.63, 3.8) is 0 Å². The van der Waals surface area contributed by atoms with Gasteiger partial charge in [-0.25, -0.2) is 12.8 Å². The summed E-state index contributed by atoms with van der Waals surface area (Å²) in [6.45, 7) is 2.60. The summed E-state index contributed by atoms with van der Waals surface area (Å²) in [4.78, 5) is 11.8. The molecule has 0 spiro atoms. The van der Waals surface area contributed by atoms with Crippen LogP contribution in [0.15, 0.2) is 53.4 Å². The zero-order valence-electron chi connectivity index (χ0n) is 13.3. The molecule has 0 unspecified atom stereocenters. The lowest BCUT2D eigenvalue weighted by atomic mass is 10.2. The lowest BCUT2D eigenvalue weighted by Gasteiger charge is -2.09. The van der Waals surface area contributed by atoms with Gasteiger partial charge < -0.3 is 5.32 Å². The molecular weight excluding hydrogens is 331 g/mol. The number of hydrogen-bond donors (Lipinski definition) is 2. The molecule has 7 heteroatoms. The maximum atomic E-state index is 13.6. The van der Waals surface area contributed by atoms with Crippen LogP contribution in [0.1, 0.15) is 30.1 Å². The molecule has 2 aromatic rings. The highest BCUT2D eigenvalue weighted by Crippen LogP contribution is 2.19. The van der Waals surface area contributed by atoms with E-state index < -0.39 is 15.8 Å². The van der Waals surface area contributed by atoms with Crippen LogP contribution in [0.3, 0.4) is 0 Å². The lowest BCUT2D eigenvalue weighted by molar-refractivity contribution is 0.0953. The van der Waals surface area contributed by atoms with Crippen molar-refractivity contribution in [2.45, 2.75) is 24.7 Å². The molecule has 0 atom stereocenters. The molecule has 24 heavy (non-hydrogen) atoms. The Hall–Kier alpha value is -2.41. The number of unbranched alkanes of at least 4 members (excludes halogenated alkanes) is 1. The number of halogens is 1. The molecule has 0 saturated carbocycles. The van der Waals surface area contributed by atoms with Gasteiger partial charge in [0.15, 0.2) is 0 Å². The Bertz CT molecular complexity index is 805. The second-order valence-electron chi connectivity index (χ2n) is 5.22. The number of carbonyl (C=O) groups is 1. The third kappa shape index (κ3) is 4.55. The Labute approximate surface area is 141 Å². The van der Waals surface area contributed by atoms with Gasteiger partial charge >= 0.3 is 0 Å². The number of amides is 1. The molecule has 0 radical (unpaired) electrons. The first-order chi connectivity index (χ1) is 11.4. The maximum absolute atomic E-state index is 13.6. The van der Waals surface area contributed by atoms with Crippen molar-refractivity contribution in [1.29, 1.82) is 0 Å². The number of rotatable bonds is 7. The minimum Gasteiger partial charge on any atom is -0.352 e. The van der Waals surface area contributed by atoms with E-state index in [4.69, 9.17) is 0 Å². The van der Waals surface area contributed by atoms with Crippen molar-refractivity contribution in [2.75, 3.05) is 11.3 Å². The molecule has 2 rings (SSSR count). The van der Waals surface area contributed by atoms with E-state index in [2.05, 4.69) is 10.0 Å². The predicted octanol–water partition coefficient (Wildman–Crippen LogP) is 3.16. The van der Waals surface area contributed by atoms with Gasteiger partial charge in [-0.3, -0.25) is 9.52 Å². The van der Waals surface area contributed by atoms with Gasteiger partial charge in [-0.1, -0.05) is 25.5 Å². The summed E-state index contributed by atoms with van der Waals surface area (Å²) >= 11 is 0. The van der Waals surface area contributed by atoms with Gasteiger partial charge in [0.25, 0.3) is 15.9 Å². The number of nitrogens with one attached hydrogen (secondary N) is 2. The summed E-state index contributed by atoms with van der Waals surface area (Å²) in [7, 11) is -3.92. The number of sulfonamides is 1. The van der Waals surface area contributed by atoms with Crippen LogP contribution in [-0.2, 0) is 10.0 Å². The lowest BCUT2D eigenvalue weighted by Crippen LogP contribution is -2.24. The van der Waals surface area contributed by atoms with Gasteiger partial charge in [0, 0.05) is 12.1 Å². The third-order valence-corrected chi connectivity index (χ3v) is 4.74.